The van der Waals surface area contributed by atoms with Gasteiger partial charge in [-0.1, -0.05) is 11.6 Å². The molecule has 162 valence electrons. The van der Waals surface area contributed by atoms with Gasteiger partial charge in [-0.05, 0) is 62.6 Å². The molecule has 1 aliphatic heterocycles. The van der Waals surface area contributed by atoms with Crippen LogP contribution in [0.3, 0.4) is 0 Å². The summed E-state index contributed by atoms with van der Waals surface area (Å²) in [7, 11) is 0. The molecule has 32 heavy (non-hydrogen) atoms. The number of halogens is 2. The van der Waals surface area contributed by atoms with Crippen molar-refractivity contribution >= 4 is 22.8 Å². The lowest BCUT2D eigenvalue weighted by Crippen LogP contribution is -2.21. The van der Waals surface area contributed by atoms with E-state index in [1.807, 2.05) is 26.0 Å². The predicted octanol–water partition coefficient (Wildman–Crippen LogP) is 5.53. The molecule has 4 aromatic rings. The molecular formula is C24H21ClFN5O. The maximum Gasteiger partial charge on any atom is 0.182 e. The first kappa shape index (κ1) is 20.8. The van der Waals surface area contributed by atoms with Crippen molar-refractivity contribution in [2.24, 2.45) is 0 Å². The summed E-state index contributed by atoms with van der Waals surface area (Å²) in [5.41, 5.74) is 4.45. The van der Waals surface area contributed by atoms with Gasteiger partial charge in [0.2, 0.25) is 0 Å². The highest BCUT2D eigenvalue weighted by atomic mass is 35.5. The van der Waals surface area contributed by atoms with Crippen LogP contribution in [0, 0.1) is 19.7 Å². The fourth-order valence-corrected chi connectivity index (χ4v) is 4.25. The number of fused-ring (bicyclic) bond motifs is 1. The molecule has 0 spiro atoms. The lowest BCUT2D eigenvalue weighted by Gasteiger charge is -2.29. The summed E-state index contributed by atoms with van der Waals surface area (Å²) in [4.78, 5) is 22.8. The van der Waals surface area contributed by atoms with E-state index >= 15 is 0 Å². The smallest absolute Gasteiger partial charge is 0.182 e. The minimum Gasteiger partial charge on any atom is -0.373 e. The predicted molar refractivity (Wildman–Crippen MR) is 120 cm³/mol. The Hall–Kier alpha value is -3.03. The zero-order valence-electron chi connectivity index (χ0n) is 17.7. The van der Waals surface area contributed by atoms with E-state index < -0.39 is 5.82 Å². The van der Waals surface area contributed by atoms with Crippen LogP contribution in [0.2, 0.25) is 5.02 Å². The van der Waals surface area contributed by atoms with E-state index in [9.17, 15) is 4.39 Å². The quantitative estimate of drug-likeness (QED) is 0.409. The van der Waals surface area contributed by atoms with E-state index in [4.69, 9.17) is 26.3 Å². The molecule has 0 saturated carbocycles. The van der Waals surface area contributed by atoms with Crippen molar-refractivity contribution in [3.8, 4) is 11.3 Å². The minimum atomic E-state index is -0.456. The number of benzene rings is 1. The van der Waals surface area contributed by atoms with Crippen LogP contribution in [-0.2, 0) is 4.74 Å². The Balaban J connectivity index is 1.59. The normalized spacial score (nSPS) is 18.8. The molecule has 1 fully saturated rings. The summed E-state index contributed by atoms with van der Waals surface area (Å²) in [5.74, 6) is 0.215. The second-order valence-corrected chi connectivity index (χ2v) is 8.49. The highest BCUT2D eigenvalue weighted by Crippen LogP contribution is 2.38. The number of hydrogen-bond donors (Lipinski definition) is 0. The van der Waals surface area contributed by atoms with Crippen LogP contribution in [0.5, 0.6) is 0 Å². The van der Waals surface area contributed by atoms with Crippen molar-refractivity contribution in [3.63, 3.8) is 0 Å². The maximum absolute atomic E-state index is 14.8. The average Bonchev–Trinajstić information content (AvgIpc) is 2.78. The molecule has 0 bridgehead atoms. The Bertz CT molecular complexity index is 1320. The first-order valence-electron chi connectivity index (χ1n) is 10.5. The fourth-order valence-electron chi connectivity index (χ4n) is 4.09. The Morgan fingerprint density at radius 2 is 1.91 bits per heavy atom. The van der Waals surface area contributed by atoms with E-state index in [-0.39, 0.29) is 12.0 Å². The zero-order valence-corrected chi connectivity index (χ0v) is 18.5. The summed E-state index contributed by atoms with van der Waals surface area (Å²) >= 11 is 5.96. The molecule has 3 aromatic heterocycles. The standard InChI is InChI=1S/C24H21ClFN5O/c1-13-9-15(5-7-27-13)20-10-16(6-8-32-20)23-30-21(18-4-3-17(25)11-19(18)26)22-24(31-23)29-14(2)12-28-22/h3-5,7,9,11-12,16,20H,6,8,10H2,1-2H3. The molecule has 4 heterocycles. The third-order valence-corrected chi connectivity index (χ3v) is 5.91. The Morgan fingerprint density at radius 1 is 1.03 bits per heavy atom. The number of aryl methyl sites for hydroxylation is 2. The number of aromatic nitrogens is 5. The lowest BCUT2D eigenvalue weighted by molar-refractivity contribution is 0.00393. The van der Waals surface area contributed by atoms with Gasteiger partial charge in [-0.3, -0.25) is 4.98 Å². The molecular weight excluding hydrogens is 429 g/mol. The van der Waals surface area contributed by atoms with Crippen molar-refractivity contribution in [1.82, 2.24) is 24.9 Å². The van der Waals surface area contributed by atoms with Crippen molar-refractivity contribution in [2.45, 2.75) is 38.7 Å². The van der Waals surface area contributed by atoms with Crippen LogP contribution in [0.1, 0.15) is 47.6 Å². The second-order valence-electron chi connectivity index (χ2n) is 8.05. The number of pyridine rings is 1. The van der Waals surface area contributed by atoms with Crippen LogP contribution in [0.15, 0.2) is 42.7 Å². The van der Waals surface area contributed by atoms with Gasteiger partial charge in [0, 0.05) is 41.2 Å². The highest BCUT2D eigenvalue weighted by molar-refractivity contribution is 6.30. The Labute approximate surface area is 189 Å². The minimum absolute atomic E-state index is 0.0445. The molecule has 0 amide bonds. The van der Waals surface area contributed by atoms with Gasteiger partial charge < -0.3 is 4.74 Å². The Kier molecular flexibility index (Phi) is 5.53. The first-order valence-corrected chi connectivity index (χ1v) is 10.9. The third kappa shape index (κ3) is 4.06. The molecule has 0 radical (unpaired) electrons. The van der Waals surface area contributed by atoms with Crippen molar-refractivity contribution in [2.75, 3.05) is 6.61 Å². The van der Waals surface area contributed by atoms with E-state index in [0.717, 1.165) is 29.8 Å². The van der Waals surface area contributed by atoms with Gasteiger partial charge in [-0.25, -0.2) is 24.3 Å². The van der Waals surface area contributed by atoms with Crippen molar-refractivity contribution < 1.29 is 9.13 Å². The zero-order chi connectivity index (χ0) is 22.2. The number of rotatable bonds is 3. The molecule has 6 nitrogen and oxygen atoms in total. The molecule has 2 unspecified atom stereocenters. The van der Waals surface area contributed by atoms with Gasteiger partial charge in [0.05, 0.1) is 11.8 Å². The van der Waals surface area contributed by atoms with Gasteiger partial charge >= 0.3 is 0 Å². The number of ether oxygens (including phenoxy) is 1. The van der Waals surface area contributed by atoms with Crippen LogP contribution < -0.4 is 0 Å². The van der Waals surface area contributed by atoms with Crippen LogP contribution in [0.4, 0.5) is 4.39 Å². The van der Waals surface area contributed by atoms with Gasteiger partial charge in [-0.2, -0.15) is 0 Å². The highest BCUT2D eigenvalue weighted by Gasteiger charge is 2.29. The van der Waals surface area contributed by atoms with Crippen molar-refractivity contribution in [1.29, 1.82) is 0 Å². The van der Waals surface area contributed by atoms with Gasteiger partial charge in [0.25, 0.3) is 0 Å². The lowest BCUT2D eigenvalue weighted by atomic mass is 9.91. The van der Waals surface area contributed by atoms with Gasteiger partial charge in [0.1, 0.15) is 22.9 Å². The topological polar surface area (TPSA) is 73.7 Å². The van der Waals surface area contributed by atoms with Crippen LogP contribution in [-0.4, -0.2) is 31.5 Å². The summed E-state index contributed by atoms with van der Waals surface area (Å²) in [6, 6.07) is 8.56. The van der Waals surface area contributed by atoms with Gasteiger partial charge in [-0.15, -0.1) is 0 Å². The van der Waals surface area contributed by atoms with Crippen LogP contribution >= 0.6 is 11.6 Å². The molecule has 0 aliphatic carbocycles. The molecule has 0 N–H and O–H groups in total. The SMILES string of the molecule is Cc1cc(C2CC(c3nc(-c4ccc(Cl)cc4F)c4ncc(C)nc4n3)CCO2)ccn1. The Morgan fingerprint density at radius 3 is 2.72 bits per heavy atom. The maximum atomic E-state index is 14.8. The summed E-state index contributed by atoms with van der Waals surface area (Å²) in [6.07, 6.45) is 4.85. The number of hydrogen-bond acceptors (Lipinski definition) is 6. The molecule has 8 heteroatoms. The molecule has 1 aliphatic rings. The van der Waals surface area contributed by atoms with E-state index in [0.29, 0.717) is 39.9 Å². The molecule has 1 saturated heterocycles. The van der Waals surface area contributed by atoms with E-state index in [1.165, 1.54) is 6.07 Å². The monoisotopic (exact) mass is 449 g/mol. The summed E-state index contributed by atoms with van der Waals surface area (Å²) in [5, 5.41) is 0.326. The number of nitrogens with zero attached hydrogens (tertiary/aromatic N) is 5. The third-order valence-electron chi connectivity index (χ3n) is 5.67. The molecule has 2 atom stereocenters. The average molecular weight is 450 g/mol. The van der Waals surface area contributed by atoms with E-state index in [2.05, 4.69) is 15.0 Å². The van der Waals surface area contributed by atoms with Crippen LogP contribution in [0.25, 0.3) is 22.4 Å². The molecule has 1 aromatic carbocycles. The fraction of sp³-hybridized carbons (Fsp3) is 0.292. The van der Waals surface area contributed by atoms with Crippen molar-refractivity contribution in [3.05, 3.63) is 76.3 Å². The van der Waals surface area contributed by atoms with E-state index in [1.54, 1.807) is 24.5 Å². The largest absolute Gasteiger partial charge is 0.373 e. The summed E-state index contributed by atoms with van der Waals surface area (Å²) < 4.78 is 20.9. The second kappa shape index (κ2) is 8.48. The van der Waals surface area contributed by atoms with Gasteiger partial charge in [0.15, 0.2) is 5.65 Å². The molecule has 5 rings (SSSR count). The summed E-state index contributed by atoms with van der Waals surface area (Å²) in [6.45, 7) is 4.40. The first-order chi connectivity index (χ1) is 15.5.